The minimum Gasteiger partial charge on any atom is -0.496 e. The van der Waals surface area contributed by atoms with Crippen LogP contribution in [-0.4, -0.2) is 28.6 Å². The van der Waals surface area contributed by atoms with Crippen molar-refractivity contribution >= 4 is 16.0 Å². The summed E-state index contributed by atoms with van der Waals surface area (Å²) in [5.41, 5.74) is 3.22. The van der Waals surface area contributed by atoms with E-state index in [9.17, 15) is 13.2 Å². The quantitative estimate of drug-likeness (QED) is 0.785. The second-order valence-electron chi connectivity index (χ2n) is 6.13. The molecule has 0 radical (unpaired) electrons. The molecular formula is C19H21NO5S. The summed E-state index contributed by atoms with van der Waals surface area (Å²) < 4.78 is 37.6. The molecule has 1 aliphatic rings. The highest BCUT2D eigenvalue weighted by Gasteiger charge is 2.19. The van der Waals surface area contributed by atoms with Crippen molar-refractivity contribution in [2.45, 2.75) is 30.7 Å². The Kier molecular flexibility index (Phi) is 5.29. The van der Waals surface area contributed by atoms with Crippen LogP contribution < -0.4 is 9.46 Å². The molecule has 0 saturated heterocycles. The van der Waals surface area contributed by atoms with E-state index in [1.165, 1.54) is 19.8 Å². The fraction of sp³-hybridized carbons (Fsp3) is 0.316. The minimum atomic E-state index is -3.63. The van der Waals surface area contributed by atoms with Crippen LogP contribution in [0.25, 0.3) is 0 Å². The van der Waals surface area contributed by atoms with Gasteiger partial charge < -0.3 is 9.47 Å². The maximum atomic E-state index is 12.6. The first-order valence-corrected chi connectivity index (χ1v) is 9.79. The first kappa shape index (κ1) is 18.4. The molecule has 0 fully saturated rings. The molecule has 26 heavy (non-hydrogen) atoms. The standard InChI is InChI=1S/C19H21NO5S/c1-24-18-9-6-13(10-17(18)19(21)25-2)12-20-26(22,23)16-8-7-14-4-3-5-15(14)11-16/h6-11,20H,3-5,12H2,1-2H3. The molecule has 0 heterocycles. The molecule has 0 aliphatic heterocycles. The summed E-state index contributed by atoms with van der Waals surface area (Å²) in [6.45, 7) is 0.0629. The van der Waals surface area contributed by atoms with Gasteiger partial charge in [-0.2, -0.15) is 0 Å². The van der Waals surface area contributed by atoms with Crippen LogP contribution in [0.2, 0.25) is 0 Å². The fourth-order valence-corrected chi connectivity index (χ4v) is 4.18. The number of carbonyl (C=O) groups is 1. The zero-order valence-electron chi connectivity index (χ0n) is 14.7. The zero-order valence-corrected chi connectivity index (χ0v) is 15.6. The van der Waals surface area contributed by atoms with Gasteiger partial charge in [0, 0.05) is 6.54 Å². The first-order valence-electron chi connectivity index (χ1n) is 8.31. The van der Waals surface area contributed by atoms with Crippen molar-refractivity contribution in [3.63, 3.8) is 0 Å². The van der Waals surface area contributed by atoms with Crippen molar-refractivity contribution in [1.29, 1.82) is 0 Å². The number of sulfonamides is 1. The number of benzene rings is 2. The average molecular weight is 375 g/mol. The molecule has 2 aromatic carbocycles. The predicted octanol–water partition coefficient (Wildman–Crippen LogP) is 2.45. The molecule has 0 unspecified atom stereocenters. The van der Waals surface area contributed by atoms with Crippen molar-refractivity contribution < 1.29 is 22.7 Å². The number of nitrogens with one attached hydrogen (secondary N) is 1. The van der Waals surface area contributed by atoms with E-state index in [0.717, 1.165) is 24.8 Å². The van der Waals surface area contributed by atoms with Gasteiger partial charge in [-0.05, 0) is 60.2 Å². The Morgan fingerprint density at radius 1 is 1.08 bits per heavy atom. The topological polar surface area (TPSA) is 81.7 Å². The third-order valence-corrected chi connectivity index (χ3v) is 5.91. The summed E-state index contributed by atoms with van der Waals surface area (Å²) in [5, 5.41) is 0. The summed E-state index contributed by atoms with van der Waals surface area (Å²) in [6.07, 6.45) is 2.99. The van der Waals surface area contributed by atoms with Gasteiger partial charge in [-0.25, -0.2) is 17.9 Å². The van der Waals surface area contributed by atoms with Gasteiger partial charge in [0.05, 0.1) is 19.1 Å². The van der Waals surface area contributed by atoms with Crippen molar-refractivity contribution in [2.24, 2.45) is 0 Å². The molecule has 7 heteroatoms. The number of carbonyl (C=O) groups excluding carboxylic acids is 1. The molecule has 0 amide bonds. The van der Waals surface area contributed by atoms with Crippen LogP contribution in [0.1, 0.15) is 33.5 Å². The second kappa shape index (κ2) is 7.47. The number of hydrogen-bond acceptors (Lipinski definition) is 5. The highest BCUT2D eigenvalue weighted by molar-refractivity contribution is 7.89. The molecule has 3 rings (SSSR count). The summed E-state index contributed by atoms with van der Waals surface area (Å²) in [6, 6.07) is 10.2. The molecule has 0 spiro atoms. The molecule has 2 aromatic rings. The van der Waals surface area contributed by atoms with Crippen molar-refractivity contribution in [1.82, 2.24) is 4.72 Å². The molecule has 0 atom stereocenters. The summed E-state index contributed by atoms with van der Waals surface area (Å²) in [5.74, 6) is -0.160. The monoisotopic (exact) mass is 375 g/mol. The SMILES string of the molecule is COC(=O)c1cc(CNS(=O)(=O)c2ccc3c(c2)CCC3)ccc1OC. The van der Waals surface area contributed by atoms with E-state index in [-0.39, 0.29) is 17.0 Å². The molecule has 1 N–H and O–H groups in total. The number of hydrogen-bond donors (Lipinski definition) is 1. The van der Waals surface area contributed by atoms with Gasteiger partial charge in [0.1, 0.15) is 11.3 Å². The van der Waals surface area contributed by atoms with Gasteiger partial charge in [0.25, 0.3) is 0 Å². The van der Waals surface area contributed by atoms with Crippen LogP contribution in [0.5, 0.6) is 5.75 Å². The lowest BCUT2D eigenvalue weighted by molar-refractivity contribution is 0.0597. The van der Waals surface area contributed by atoms with Crippen LogP contribution in [0.4, 0.5) is 0 Å². The highest BCUT2D eigenvalue weighted by Crippen LogP contribution is 2.25. The highest BCUT2D eigenvalue weighted by atomic mass is 32.2. The smallest absolute Gasteiger partial charge is 0.341 e. The molecule has 138 valence electrons. The summed E-state index contributed by atoms with van der Waals surface area (Å²) >= 11 is 0. The summed E-state index contributed by atoms with van der Waals surface area (Å²) in [4.78, 5) is 12.1. The van der Waals surface area contributed by atoms with E-state index in [1.807, 2.05) is 6.07 Å². The van der Waals surface area contributed by atoms with Gasteiger partial charge in [-0.1, -0.05) is 12.1 Å². The van der Waals surface area contributed by atoms with E-state index < -0.39 is 16.0 Å². The molecule has 6 nitrogen and oxygen atoms in total. The Labute approximate surface area is 153 Å². The van der Waals surface area contributed by atoms with Gasteiger partial charge in [-0.3, -0.25) is 0 Å². The minimum absolute atomic E-state index is 0.0629. The van der Waals surface area contributed by atoms with Gasteiger partial charge >= 0.3 is 5.97 Å². The van der Waals surface area contributed by atoms with Gasteiger partial charge in [0.15, 0.2) is 0 Å². The third kappa shape index (κ3) is 3.73. The van der Waals surface area contributed by atoms with Crippen LogP contribution in [-0.2, 0) is 34.1 Å². The fourth-order valence-electron chi connectivity index (χ4n) is 3.11. The zero-order chi connectivity index (χ0) is 18.7. The van der Waals surface area contributed by atoms with Crippen LogP contribution in [0, 0.1) is 0 Å². The number of aryl methyl sites for hydroxylation is 2. The van der Waals surface area contributed by atoms with E-state index in [2.05, 4.69) is 4.72 Å². The van der Waals surface area contributed by atoms with E-state index in [1.54, 1.807) is 30.3 Å². The Hall–Kier alpha value is -2.38. The number of methoxy groups -OCH3 is 2. The molecule has 0 aromatic heterocycles. The lowest BCUT2D eigenvalue weighted by atomic mass is 10.1. The predicted molar refractivity (Wildman–Crippen MR) is 96.8 cm³/mol. The van der Waals surface area contributed by atoms with Gasteiger partial charge in [-0.15, -0.1) is 0 Å². The molecule has 0 saturated carbocycles. The van der Waals surface area contributed by atoms with E-state index in [4.69, 9.17) is 9.47 Å². The molecular weight excluding hydrogens is 354 g/mol. The Balaban J connectivity index is 1.78. The Bertz CT molecular complexity index is 937. The van der Waals surface area contributed by atoms with E-state index >= 15 is 0 Å². The van der Waals surface area contributed by atoms with Crippen molar-refractivity contribution in [3.05, 3.63) is 58.7 Å². The van der Waals surface area contributed by atoms with E-state index in [0.29, 0.717) is 11.3 Å². The van der Waals surface area contributed by atoms with Crippen molar-refractivity contribution in [3.8, 4) is 5.75 Å². The Morgan fingerprint density at radius 3 is 2.58 bits per heavy atom. The van der Waals surface area contributed by atoms with Gasteiger partial charge in [0.2, 0.25) is 10.0 Å². The van der Waals surface area contributed by atoms with Crippen molar-refractivity contribution in [2.75, 3.05) is 14.2 Å². The normalized spacial score (nSPS) is 13.3. The largest absolute Gasteiger partial charge is 0.496 e. The Morgan fingerprint density at radius 2 is 1.85 bits per heavy atom. The summed E-state index contributed by atoms with van der Waals surface area (Å²) in [7, 11) is -0.893. The molecule has 0 bridgehead atoms. The maximum absolute atomic E-state index is 12.6. The molecule has 1 aliphatic carbocycles. The van der Waals surface area contributed by atoms with Crippen LogP contribution >= 0.6 is 0 Å². The average Bonchev–Trinajstić information content (AvgIpc) is 3.13. The lowest BCUT2D eigenvalue weighted by Crippen LogP contribution is -2.23. The lowest BCUT2D eigenvalue weighted by Gasteiger charge is -2.11. The van der Waals surface area contributed by atoms with Crippen LogP contribution in [0.15, 0.2) is 41.3 Å². The van der Waals surface area contributed by atoms with Crippen LogP contribution in [0.3, 0.4) is 0 Å². The number of ether oxygens (including phenoxy) is 2. The first-order chi connectivity index (χ1) is 12.4. The third-order valence-electron chi connectivity index (χ3n) is 4.52. The second-order valence-corrected chi connectivity index (χ2v) is 7.90. The number of rotatable bonds is 6. The maximum Gasteiger partial charge on any atom is 0.341 e. The number of fused-ring (bicyclic) bond motifs is 1. The number of esters is 1.